The van der Waals surface area contributed by atoms with Crippen LogP contribution < -0.4 is 10.6 Å². The number of ether oxygens (including phenoxy) is 1. The summed E-state index contributed by atoms with van der Waals surface area (Å²) in [4.78, 5) is 50.0. The van der Waals surface area contributed by atoms with Crippen LogP contribution in [0.1, 0.15) is 148 Å². The molecule has 3 aliphatic rings. The molecule has 2 saturated heterocycles. The fourth-order valence-electron chi connectivity index (χ4n) is 5.19. The smallest absolute Gasteiger partial charge is 0.237 e. The molecule has 0 aliphatic carbocycles. The maximum absolute atomic E-state index is 12.6. The van der Waals surface area contributed by atoms with Gasteiger partial charge in [-0.2, -0.15) is 0 Å². The lowest BCUT2D eigenvalue weighted by Gasteiger charge is -2.22. The lowest BCUT2D eigenvalue weighted by molar-refractivity contribution is -0.127. The summed E-state index contributed by atoms with van der Waals surface area (Å²) < 4.78 is 5.11. The SMILES string of the molecule is C=C(C)C(=O)[C@H](CCC)NC(=O)C1C[C@@]2(CN=C(CC)C2)CN1.CC.CC(=O)C[C@@H]1CCOC1.CC(C=O)C(C)(C)C.CCC(C)CC. The normalized spacial score (nSPS) is 22.2. The van der Waals surface area contributed by atoms with Crippen molar-refractivity contribution in [1.82, 2.24) is 10.6 Å². The van der Waals surface area contributed by atoms with Gasteiger partial charge < -0.3 is 25.0 Å². The maximum Gasteiger partial charge on any atom is 0.237 e. The molecule has 8 heteroatoms. The van der Waals surface area contributed by atoms with Gasteiger partial charge in [0.15, 0.2) is 5.78 Å². The quantitative estimate of drug-likeness (QED) is 0.159. The van der Waals surface area contributed by atoms with E-state index in [0.29, 0.717) is 24.3 Å². The molecule has 0 radical (unpaired) electrons. The summed E-state index contributed by atoms with van der Waals surface area (Å²) in [5.74, 6) is 1.77. The van der Waals surface area contributed by atoms with Gasteiger partial charge in [-0.25, -0.2) is 0 Å². The lowest BCUT2D eigenvalue weighted by Crippen LogP contribution is -2.48. The van der Waals surface area contributed by atoms with Crippen LogP contribution in [0, 0.1) is 28.6 Å². The predicted molar refractivity (Wildman–Crippen MR) is 203 cm³/mol. The summed E-state index contributed by atoms with van der Waals surface area (Å²) >= 11 is 0. The molecule has 3 rings (SSSR count). The van der Waals surface area contributed by atoms with Crippen molar-refractivity contribution in [1.29, 1.82) is 0 Å². The van der Waals surface area contributed by atoms with Crippen molar-refractivity contribution in [3.63, 3.8) is 0 Å². The molecule has 0 saturated carbocycles. The van der Waals surface area contributed by atoms with Crippen molar-refractivity contribution in [2.75, 3.05) is 26.3 Å². The lowest BCUT2D eigenvalue weighted by atomic mass is 9.82. The van der Waals surface area contributed by atoms with Gasteiger partial charge in [-0.15, -0.1) is 0 Å². The Balaban J connectivity index is 0. The van der Waals surface area contributed by atoms with E-state index >= 15 is 0 Å². The van der Waals surface area contributed by atoms with Crippen LogP contribution in [0.3, 0.4) is 0 Å². The predicted octanol–water partition coefficient (Wildman–Crippen LogP) is 8.36. The number of aldehydes is 1. The Morgan fingerprint density at radius 3 is 2.06 bits per heavy atom. The van der Waals surface area contributed by atoms with E-state index in [1.165, 1.54) is 18.6 Å². The number of aliphatic imine (C=N–C) groups is 1. The molecule has 3 aliphatic heterocycles. The van der Waals surface area contributed by atoms with Crippen LogP contribution in [0.4, 0.5) is 0 Å². The van der Waals surface area contributed by atoms with Gasteiger partial charge in [-0.05, 0) is 68.8 Å². The second kappa shape index (κ2) is 25.7. The number of amides is 1. The molecule has 0 aromatic heterocycles. The average Bonchev–Trinajstić information content (AvgIpc) is 3.83. The summed E-state index contributed by atoms with van der Waals surface area (Å²) in [6, 6.07) is -0.673. The molecule has 48 heavy (non-hydrogen) atoms. The monoisotopic (exact) mass is 678 g/mol. The van der Waals surface area contributed by atoms with Gasteiger partial charge in [-0.1, -0.05) is 102 Å². The molecule has 1 amide bonds. The van der Waals surface area contributed by atoms with E-state index in [1.54, 1.807) is 13.8 Å². The van der Waals surface area contributed by atoms with Gasteiger partial charge >= 0.3 is 0 Å². The molecule has 0 aromatic carbocycles. The van der Waals surface area contributed by atoms with E-state index in [4.69, 9.17) is 4.74 Å². The molecule has 2 fully saturated rings. The van der Waals surface area contributed by atoms with Crippen LogP contribution in [-0.4, -0.2) is 67.9 Å². The van der Waals surface area contributed by atoms with Gasteiger partial charge in [0.1, 0.15) is 12.1 Å². The third-order valence-corrected chi connectivity index (χ3v) is 9.50. The standard InChI is InChI=1S/C18H29N3O2.C7H12O2.C7H14O.C6H14.C2H6/c1-5-7-14(16(22)12(3)4)21-17(23)15-9-18(11-20-15)8-13(6-2)19-10-18;1-6(8)4-7-2-3-9-5-7;1-6(5-8)7(2,3)4;1-4-6(3)5-2;1-2/h14-15,20H,3,5-11H2,1-2,4H3,(H,21,23);7H,2-5H2,1H3;5-6H,1-4H3;6H,4-5H2,1-3H3;1-2H3/t14-,15?,18-;7-;;;/m00.../s1. The Hall–Kier alpha value is -2.19. The first kappa shape index (κ1) is 47.9. The largest absolute Gasteiger partial charge is 0.381 e. The fraction of sp³-hybridized carbons (Fsp3) is 0.825. The number of nitrogens with zero attached hydrogens (tertiary/aromatic N) is 1. The number of rotatable bonds is 12. The number of hydrogen-bond donors (Lipinski definition) is 2. The number of carbonyl (C=O) groups is 4. The van der Waals surface area contributed by atoms with Crippen molar-refractivity contribution in [3.05, 3.63) is 12.2 Å². The first-order chi connectivity index (χ1) is 22.5. The third kappa shape index (κ3) is 19.7. The molecule has 0 aromatic rings. The van der Waals surface area contributed by atoms with E-state index in [9.17, 15) is 19.2 Å². The van der Waals surface area contributed by atoms with Crippen LogP contribution in [-0.2, 0) is 23.9 Å². The summed E-state index contributed by atoms with van der Waals surface area (Å²) in [5.41, 5.74) is 2.00. The molecule has 1 spiro atoms. The number of Topliss-reactive ketones (excluding diaryl/α,β-unsaturated/α-hetero) is 2. The number of ketones is 2. The van der Waals surface area contributed by atoms with E-state index in [-0.39, 0.29) is 40.3 Å². The first-order valence-corrected chi connectivity index (χ1v) is 18.8. The van der Waals surface area contributed by atoms with Crippen LogP contribution in [0.5, 0.6) is 0 Å². The highest BCUT2D eigenvalue weighted by Gasteiger charge is 2.44. The molecule has 5 atom stereocenters. The Bertz CT molecular complexity index is 976. The van der Waals surface area contributed by atoms with Gasteiger partial charge in [-0.3, -0.25) is 14.6 Å². The van der Waals surface area contributed by atoms with Crippen molar-refractivity contribution in [2.45, 2.75) is 160 Å². The van der Waals surface area contributed by atoms with Gasteiger partial charge in [0, 0.05) is 49.8 Å². The minimum atomic E-state index is -0.450. The zero-order valence-electron chi connectivity index (χ0n) is 33.4. The third-order valence-electron chi connectivity index (χ3n) is 9.50. The van der Waals surface area contributed by atoms with Crippen molar-refractivity contribution in [2.24, 2.45) is 33.6 Å². The van der Waals surface area contributed by atoms with Crippen molar-refractivity contribution >= 4 is 29.5 Å². The zero-order chi connectivity index (χ0) is 37.5. The van der Waals surface area contributed by atoms with Gasteiger partial charge in [0.2, 0.25) is 5.91 Å². The number of carbonyl (C=O) groups excluding carboxylic acids is 4. The van der Waals surface area contributed by atoms with E-state index in [2.05, 4.69) is 70.7 Å². The highest BCUT2D eigenvalue weighted by molar-refractivity contribution is 6.01. The van der Waals surface area contributed by atoms with E-state index in [0.717, 1.165) is 70.6 Å². The molecule has 280 valence electrons. The molecule has 8 nitrogen and oxygen atoms in total. The first-order valence-electron chi connectivity index (χ1n) is 18.8. The summed E-state index contributed by atoms with van der Waals surface area (Å²) in [5, 5.41) is 6.25. The Morgan fingerprint density at radius 1 is 1.10 bits per heavy atom. The molecule has 0 bridgehead atoms. The van der Waals surface area contributed by atoms with Crippen LogP contribution in [0.15, 0.2) is 17.1 Å². The molecule has 2 unspecified atom stereocenters. The molecular weight excluding hydrogens is 602 g/mol. The highest BCUT2D eigenvalue weighted by Crippen LogP contribution is 2.38. The Labute approximate surface area is 295 Å². The number of nitrogens with one attached hydrogen (secondary N) is 2. The topological polar surface area (TPSA) is 114 Å². The van der Waals surface area contributed by atoms with Gasteiger partial charge in [0.05, 0.1) is 12.1 Å². The Kier molecular flexibility index (Phi) is 25.7. The molecule has 3 heterocycles. The second-order valence-electron chi connectivity index (χ2n) is 14.9. The molecule has 2 N–H and O–H groups in total. The number of hydrogen-bond acceptors (Lipinski definition) is 7. The fourth-order valence-corrected chi connectivity index (χ4v) is 5.19. The Morgan fingerprint density at radius 2 is 1.71 bits per heavy atom. The maximum atomic E-state index is 12.6. The zero-order valence-corrected chi connectivity index (χ0v) is 33.4. The van der Waals surface area contributed by atoms with Crippen molar-refractivity contribution < 1.29 is 23.9 Å². The van der Waals surface area contributed by atoms with E-state index < -0.39 is 6.04 Å². The van der Waals surface area contributed by atoms with Crippen LogP contribution >= 0.6 is 0 Å². The van der Waals surface area contributed by atoms with E-state index in [1.807, 2.05) is 27.7 Å². The van der Waals surface area contributed by atoms with Gasteiger partial charge in [0.25, 0.3) is 0 Å². The second-order valence-corrected chi connectivity index (χ2v) is 14.9. The summed E-state index contributed by atoms with van der Waals surface area (Å²) in [6.07, 6.45) is 9.71. The highest BCUT2D eigenvalue weighted by atomic mass is 16.5. The summed E-state index contributed by atoms with van der Waals surface area (Å²) in [7, 11) is 0. The van der Waals surface area contributed by atoms with Crippen molar-refractivity contribution in [3.8, 4) is 0 Å². The molecular formula is C40H75N3O5. The minimum absolute atomic E-state index is 0.0645. The summed E-state index contributed by atoms with van der Waals surface area (Å²) in [6.45, 7) is 33.3. The minimum Gasteiger partial charge on any atom is -0.381 e. The average molecular weight is 678 g/mol. The van der Waals surface area contributed by atoms with Crippen LogP contribution in [0.2, 0.25) is 0 Å². The van der Waals surface area contributed by atoms with Crippen LogP contribution in [0.25, 0.3) is 0 Å².